The largest absolute Gasteiger partial charge is 0.464 e. The van der Waals surface area contributed by atoms with E-state index in [-0.39, 0.29) is 11.8 Å². The second kappa shape index (κ2) is 5.64. The molecular formula is C17H20N2O2. The van der Waals surface area contributed by atoms with Crippen molar-refractivity contribution in [2.45, 2.75) is 25.8 Å². The van der Waals surface area contributed by atoms with E-state index in [4.69, 9.17) is 4.42 Å². The molecule has 0 fully saturated rings. The van der Waals surface area contributed by atoms with Crippen molar-refractivity contribution in [2.24, 2.45) is 0 Å². The van der Waals surface area contributed by atoms with Crippen LogP contribution < -0.4 is 5.32 Å². The second-order valence-corrected chi connectivity index (χ2v) is 5.56. The van der Waals surface area contributed by atoms with Gasteiger partial charge in [-0.2, -0.15) is 0 Å². The number of nitrogens with zero attached hydrogens (tertiary/aromatic N) is 1. The van der Waals surface area contributed by atoms with Crippen molar-refractivity contribution in [3.8, 4) is 0 Å². The average molecular weight is 284 g/mol. The molecule has 0 bridgehead atoms. The molecule has 3 rings (SSSR count). The van der Waals surface area contributed by atoms with Crippen LogP contribution in [-0.2, 0) is 11.3 Å². The molecule has 21 heavy (non-hydrogen) atoms. The maximum absolute atomic E-state index is 12.7. The maximum Gasteiger partial charge on any atom is 0.230 e. The lowest BCUT2D eigenvalue weighted by Gasteiger charge is -2.29. The molecule has 4 nitrogen and oxygen atoms in total. The number of fused-ring (bicyclic) bond motifs is 1. The molecular weight excluding hydrogens is 264 g/mol. The summed E-state index contributed by atoms with van der Waals surface area (Å²) in [5.74, 6) is 1.78. The number of carbonyl (C=O) groups is 1. The van der Waals surface area contributed by atoms with Crippen molar-refractivity contribution >= 4 is 11.6 Å². The zero-order chi connectivity index (χ0) is 14.8. The van der Waals surface area contributed by atoms with Gasteiger partial charge in [0.05, 0.1) is 12.5 Å². The van der Waals surface area contributed by atoms with Crippen LogP contribution in [0, 0.1) is 6.92 Å². The Morgan fingerprint density at radius 1 is 1.33 bits per heavy atom. The highest BCUT2D eigenvalue weighted by molar-refractivity contribution is 5.86. The number of furan rings is 1. The van der Waals surface area contributed by atoms with Gasteiger partial charge in [-0.15, -0.1) is 0 Å². The summed E-state index contributed by atoms with van der Waals surface area (Å²) in [6, 6.07) is 11.9. The number of likely N-dealkylation sites (N-methyl/N-ethyl adjacent to an activating group) is 1. The van der Waals surface area contributed by atoms with Gasteiger partial charge in [-0.25, -0.2) is 0 Å². The van der Waals surface area contributed by atoms with Gasteiger partial charge in [0.25, 0.3) is 0 Å². The molecule has 1 aliphatic heterocycles. The summed E-state index contributed by atoms with van der Waals surface area (Å²) >= 11 is 0. The molecule has 1 aliphatic rings. The van der Waals surface area contributed by atoms with E-state index in [1.54, 1.807) is 4.90 Å². The summed E-state index contributed by atoms with van der Waals surface area (Å²) in [4.78, 5) is 14.5. The second-order valence-electron chi connectivity index (χ2n) is 5.56. The first kappa shape index (κ1) is 13.7. The van der Waals surface area contributed by atoms with Crippen molar-refractivity contribution in [1.29, 1.82) is 0 Å². The highest BCUT2D eigenvalue weighted by Crippen LogP contribution is 2.32. The number of amides is 1. The van der Waals surface area contributed by atoms with Crippen molar-refractivity contribution in [2.75, 3.05) is 18.9 Å². The van der Waals surface area contributed by atoms with Gasteiger partial charge >= 0.3 is 0 Å². The Labute approximate surface area is 124 Å². The zero-order valence-electron chi connectivity index (χ0n) is 12.4. The standard InChI is InChI=1S/C17H20N2O2/c1-12-7-8-13(21-12)11-19(2)17(20)15-9-10-18-16-6-4-3-5-14(15)16/h3-8,15,18H,9-11H2,1-2H3. The van der Waals surface area contributed by atoms with Crippen LogP contribution in [0.15, 0.2) is 40.8 Å². The van der Waals surface area contributed by atoms with E-state index in [9.17, 15) is 4.79 Å². The minimum absolute atomic E-state index is 0.0662. The number of carbonyl (C=O) groups excluding carboxylic acids is 1. The SMILES string of the molecule is Cc1ccc(CN(C)C(=O)C2CCNc3ccccc32)o1. The van der Waals surface area contributed by atoms with E-state index in [1.165, 1.54) is 0 Å². The van der Waals surface area contributed by atoms with E-state index >= 15 is 0 Å². The number of para-hydroxylation sites is 1. The monoisotopic (exact) mass is 284 g/mol. The van der Waals surface area contributed by atoms with Gasteiger partial charge < -0.3 is 14.6 Å². The van der Waals surface area contributed by atoms with Crippen LogP contribution in [0.1, 0.15) is 29.4 Å². The number of aryl methyl sites for hydroxylation is 1. The third kappa shape index (κ3) is 2.79. The molecule has 1 amide bonds. The van der Waals surface area contributed by atoms with E-state index in [0.29, 0.717) is 6.54 Å². The summed E-state index contributed by atoms with van der Waals surface area (Å²) in [6.45, 7) is 3.26. The lowest BCUT2D eigenvalue weighted by molar-refractivity contribution is -0.132. The van der Waals surface area contributed by atoms with Gasteiger partial charge in [0.2, 0.25) is 5.91 Å². The Morgan fingerprint density at radius 3 is 2.90 bits per heavy atom. The predicted octanol–water partition coefficient (Wildman–Crippen LogP) is 3.15. The Hall–Kier alpha value is -2.23. The summed E-state index contributed by atoms with van der Waals surface area (Å²) in [5.41, 5.74) is 2.17. The first-order valence-electron chi connectivity index (χ1n) is 7.28. The molecule has 1 aromatic heterocycles. The Balaban J connectivity index is 1.76. The Kier molecular flexibility index (Phi) is 3.69. The fraction of sp³-hybridized carbons (Fsp3) is 0.353. The lowest BCUT2D eigenvalue weighted by Crippen LogP contribution is -2.34. The van der Waals surface area contributed by atoms with Crippen LogP contribution in [0.2, 0.25) is 0 Å². The minimum atomic E-state index is -0.0662. The molecule has 0 aliphatic carbocycles. The number of hydrogen-bond donors (Lipinski definition) is 1. The smallest absolute Gasteiger partial charge is 0.230 e. The third-order valence-electron chi connectivity index (χ3n) is 3.95. The average Bonchev–Trinajstić information content (AvgIpc) is 2.91. The Morgan fingerprint density at radius 2 is 2.14 bits per heavy atom. The topological polar surface area (TPSA) is 45.5 Å². The number of benzene rings is 1. The van der Waals surface area contributed by atoms with Crippen LogP contribution in [-0.4, -0.2) is 24.4 Å². The predicted molar refractivity (Wildman–Crippen MR) is 82.2 cm³/mol. The molecule has 110 valence electrons. The molecule has 0 saturated heterocycles. The van der Waals surface area contributed by atoms with Crippen molar-refractivity contribution in [3.05, 3.63) is 53.5 Å². The number of rotatable bonds is 3. The number of hydrogen-bond acceptors (Lipinski definition) is 3. The van der Waals surface area contributed by atoms with Crippen LogP contribution >= 0.6 is 0 Å². The summed E-state index contributed by atoms with van der Waals surface area (Å²) < 4.78 is 5.55. The Bertz CT molecular complexity index is 648. The van der Waals surface area contributed by atoms with Gasteiger partial charge in [0.15, 0.2) is 0 Å². The molecule has 1 aromatic carbocycles. The van der Waals surface area contributed by atoms with Crippen molar-refractivity contribution < 1.29 is 9.21 Å². The maximum atomic E-state index is 12.7. The van der Waals surface area contributed by atoms with Crippen LogP contribution in [0.5, 0.6) is 0 Å². The fourth-order valence-corrected chi connectivity index (χ4v) is 2.87. The zero-order valence-corrected chi connectivity index (χ0v) is 12.4. The molecule has 2 aromatic rings. The molecule has 1 atom stereocenters. The molecule has 4 heteroatoms. The van der Waals surface area contributed by atoms with E-state index in [0.717, 1.165) is 35.7 Å². The quantitative estimate of drug-likeness (QED) is 0.941. The lowest BCUT2D eigenvalue weighted by atomic mass is 9.90. The van der Waals surface area contributed by atoms with Gasteiger partial charge in [-0.1, -0.05) is 18.2 Å². The molecule has 1 N–H and O–H groups in total. The molecule has 0 spiro atoms. The first-order chi connectivity index (χ1) is 10.1. The number of anilines is 1. The summed E-state index contributed by atoms with van der Waals surface area (Å²) in [6.07, 6.45) is 0.831. The number of nitrogens with one attached hydrogen (secondary N) is 1. The van der Waals surface area contributed by atoms with Crippen LogP contribution in [0.4, 0.5) is 5.69 Å². The van der Waals surface area contributed by atoms with Gasteiger partial charge in [0, 0.05) is 19.3 Å². The molecule has 1 unspecified atom stereocenters. The van der Waals surface area contributed by atoms with Crippen LogP contribution in [0.25, 0.3) is 0 Å². The van der Waals surface area contributed by atoms with Gasteiger partial charge in [-0.3, -0.25) is 4.79 Å². The third-order valence-corrected chi connectivity index (χ3v) is 3.95. The van der Waals surface area contributed by atoms with E-state index < -0.39 is 0 Å². The molecule has 0 radical (unpaired) electrons. The first-order valence-corrected chi connectivity index (χ1v) is 7.28. The highest BCUT2D eigenvalue weighted by atomic mass is 16.3. The highest BCUT2D eigenvalue weighted by Gasteiger charge is 2.28. The van der Waals surface area contributed by atoms with Gasteiger partial charge in [-0.05, 0) is 37.1 Å². The van der Waals surface area contributed by atoms with Crippen molar-refractivity contribution in [1.82, 2.24) is 4.90 Å². The summed E-state index contributed by atoms with van der Waals surface area (Å²) in [7, 11) is 1.84. The molecule has 2 heterocycles. The normalized spacial score (nSPS) is 17.0. The fourth-order valence-electron chi connectivity index (χ4n) is 2.87. The molecule has 0 saturated carbocycles. The van der Waals surface area contributed by atoms with E-state index in [2.05, 4.69) is 5.32 Å². The van der Waals surface area contributed by atoms with Crippen molar-refractivity contribution in [3.63, 3.8) is 0 Å². The summed E-state index contributed by atoms with van der Waals surface area (Å²) in [5, 5.41) is 3.35. The van der Waals surface area contributed by atoms with Gasteiger partial charge in [0.1, 0.15) is 11.5 Å². The van der Waals surface area contributed by atoms with Crippen LogP contribution in [0.3, 0.4) is 0 Å². The minimum Gasteiger partial charge on any atom is -0.464 e. The van der Waals surface area contributed by atoms with E-state index in [1.807, 2.05) is 50.4 Å².